The van der Waals surface area contributed by atoms with Crippen LogP contribution in [0.5, 0.6) is 5.75 Å². The molecule has 2 heterocycles. The van der Waals surface area contributed by atoms with Crippen molar-refractivity contribution in [1.29, 1.82) is 0 Å². The molecule has 1 atom stereocenters. The Morgan fingerprint density at radius 2 is 1.81 bits per heavy atom. The Morgan fingerprint density at radius 1 is 1.06 bits per heavy atom. The predicted octanol–water partition coefficient (Wildman–Crippen LogP) is 2.21. The molecule has 10 nitrogen and oxygen atoms in total. The van der Waals surface area contributed by atoms with Crippen LogP contribution in [0, 0.1) is 13.8 Å². The van der Waals surface area contributed by atoms with Crippen molar-refractivity contribution in [2.24, 2.45) is 0 Å². The summed E-state index contributed by atoms with van der Waals surface area (Å²) in [7, 11) is 1.47. The highest BCUT2D eigenvalue weighted by atomic mass is 16.5. The molecule has 3 rings (SSSR count). The van der Waals surface area contributed by atoms with Crippen LogP contribution in [0.4, 0.5) is 11.4 Å². The highest BCUT2D eigenvalue weighted by molar-refractivity contribution is 5.96. The molecule has 2 N–H and O–H groups in total. The van der Waals surface area contributed by atoms with Crippen LogP contribution in [0.15, 0.2) is 41.2 Å². The van der Waals surface area contributed by atoms with Gasteiger partial charge in [-0.2, -0.15) is 5.10 Å². The van der Waals surface area contributed by atoms with E-state index in [2.05, 4.69) is 20.8 Å². The summed E-state index contributed by atoms with van der Waals surface area (Å²) in [5.74, 6) is 0.118. The topological polar surface area (TPSA) is 120 Å². The monoisotopic (exact) mass is 424 g/mol. The standard InChI is InChI=1S/C21H24N6O4/c1-12-10-13(2)26(24-12)19-8-9-20(29)27(25-19)14(3)21(30)23-17-11-16(22-15(4)28)6-7-18(17)31-5/h6-11,14H,1-5H3,(H,22,28)(H,23,30). The van der Waals surface area contributed by atoms with Crippen LogP contribution in [-0.2, 0) is 9.59 Å². The van der Waals surface area contributed by atoms with Crippen LogP contribution in [0.3, 0.4) is 0 Å². The van der Waals surface area contributed by atoms with E-state index in [-0.39, 0.29) is 5.91 Å². The van der Waals surface area contributed by atoms with Crippen molar-refractivity contribution in [3.05, 3.63) is 58.1 Å². The van der Waals surface area contributed by atoms with E-state index in [1.165, 1.54) is 20.1 Å². The van der Waals surface area contributed by atoms with Crippen molar-refractivity contribution >= 4 is 23.2 Å². The molecule has 1 unspecified atom stereocenters. The van der Waals surface area contributed by atoms with E-state index in [1.54, 1.807) is 35.9 Å². The van der Waals surface area contributed by atoms with Crippen molar-refractivity contribution < 1.29 is 14.3 Å². The number of rotatable bonds is 6. The minimum atomic E-state index is -0.918. The first-order valence-corrected chi connectivity index (χ1v) is 9.59. The second-order valence-corrected chi connectivity index (χ2v) is 7.07. The fraction of sp³-hybridized carbons (Fsp3) is 0.286. The molecule has 0 aliphatic carbocycles. The van der Waals surface area contributed by atoms with Crippen molar-refractivity contribution in [3.63, 3.8) is 0 Å². The molecule has 3 aromatic rings. The molecule has 0 radical (unpaired) electrons. The van der Waals surface area contributed by atoms with Crippen LogP contribution in [0.25, 0.3) is 5.82 Å². The molecule has 162 valence electrons. The molecular weight excluding hydrogens is 400 g/mol. The summed E-state index contributed by atoms with van der Waals surface area (Å²) < 4.78 is 7.99. The lowest BCUT2D eigenvalue weighted by molar-refractivity contribution is -0.119. The average Bonchev–Trinajstić information content (AvgIpc) is 3.05. The van der Waals surface area contributed by atoms with E-state index >= 15 is 0 Å². The van der Waals surface area contributed by atoms with Gasteiger partial charge in [0.2, 0.25) is 11.8 Å². The zero-order valence-corrected chi connectivity index (χ0v) is 18.0. The number of nitrogens with one attached hydrogen (secondary N) is 2. The largest absolute Gasteiger partial charge is 0.495 e. The molecule has 1 aromatic carbocycles. The third kappa shape index (κ3) is 4.80. The summed E-state index contributed by atoms with van der Waals surface area (Å²) >= 11 is 0. The van der Waals surface area contributed by atoms with Gasteiger partial charge in [0.05, 0.1) is 18.5 Å². The van der Waals surface area contributed by atoms with Gasteiger partial charge >= 0.3 is 0 Å². The summed E-state index contributed by atoms with van der Waals surface area (Å²) in [5, 5.41) is 14.1. The molecule has 0 aliphatic rings. The quantitative estimate of drug-likeness (QED) is 0.626. The third-order valence-corrected chi connectivity index (χ3v) is 4.56. The van der Waals surface area contributed by atoms with Crippen LogP contribution >= 0.6 is 0 Å². The zero-order chi connectivity index (χ0) is 22.7. The van der Waals surface area contributed by atoms with Crippen molar-refractivity contribution in [2.45, 2.75) is 33.7 Å². The number of carbonyl (C=O) groups excluding carboxylic acids is 2. The average molecular weight is 424 g/mol. The van der Waals surface area contributed by atoms with Crippen LogP contribution in [0.1, 0.15) is 31.3 Å². The predicted molar refractivity (Wildman–Crippen MR) is 116 cm³/mol. The first-order chi connectivity index (χ1) is 14.7. The normalized spacial score (nSPS) is 11.6. The zero-order valence-electron chi connectivity index (χ0n) is 18.0. The SMILES string of the molecule is COc1ccc(NC(C)=O)cc1NC(=O)C(C)n1nc(-n2nc(C)cc2C)ccc1=O. The maximum absolute atomic E-state index is 12.9. The fourth-order valence-corrected chi connectivity index (χ4v) is 3.10. The second kappa shape index (κ2) is 8.82. The number of benzene rings is 1. The van der Waals surface area contributed by atoms with Gasteiger partial charge in [-0.05, 0) is 51.1 Å². The maximum Gasteiger partial charge on any atom is 0.267 e. The third-order valence-electron chi connectivity index (χ3n) is 4.56. The minimum absolute atomic E-state index is 0.243. The molecule has 0 fully saturated rings. The molecule has 0 aliphatic heterocycles. The molecule has 0 saturated carbocycles. The Labute approximate surface area is 178 Å². The van der Waals surface area contributed by atoms with Gasteiger partial charge in [0, 0.05) is 24.4 Å². The number of hydrogen-bond acceptors (Lipinski definition) is 6. The molecule has 0 saturated heterocycles. The number of aryl methyl sites for hydroxylation is 2. The number of hydrogen-bond donors (Lipinski definition) is 2. The van der Waals surface area contributed by atoms with E-state index in [4.69, 9.17) is 4.74 Å². The molecule has 0 spiro atoms. The van der Waals surface area contributed by atoms with E-state index in [0.717, 1.165) is 16.1 Å². The van der Waals surface area contributed by atoms with Crippen LogP contribution < -0.4 is 20.9 Å². The lowest BCUT2D eigenvalue weighted by Crippen LogP contribution is -2.33. The first kappa shape index (κ1) is 21.8. The van der Waals surface area contributed by atoms with Gasteiger partial charge in [0.25, 0.3) is 5.56 Å². The Morgan fingerprint density at radius 3 is 2.42 bits per heavy atom. The lowest BCUT2D eigenvalue weighted by Gasteiger charge is -2.17. The van der Waals surface area contributed by atoms with Crippen molar-refractivity contribution in [2.75, 3.05) is 17.7 Å². The van der Waals surface area contributed by atoms with Crippen molar-refractivity contribution in [3.8, 4) is 11.6 Å². The molecule has 2 aromatic heterocycles. The summed E-state index contributed by atoms with van der Waals surface area (Å²) in [4.78, 5) is 36.6. The number of aromatic nitrogens is 4. The van der Waals surface area contributed by atoms with Crippen LogP contribution in [-0.4, -0.2) is 38.5 Å². The fourth-order valence-electron chi connectivity index (χ4n) is 3.10. The molecule has 0 bridgehead atoms. The summed E-state index contributed by atoms with van der Waals surface area (Å²) in [6.45, 7) is 6.69. The van der Waals surface area contributed by atoms with E-state index in [0.29, 0.717) is 22.9 Å². The Balaban J connectivity index is 1.90. The number of ether oxygens (including phenoxy) is 1. The molecule has 31 heavy (non-hydrogen) atoms. The maximum atomic E-state index is 12.9. The van der Waals surface area contributed by atoms with E-state index in [9.17, 15) is 14.4 Å². The van der Waals surface area contributed by atoms with Gasteiger partial charge < -0.3 is 15.4 Å². The smallest absolute Gasteiger partial charge is 0.267 e. The minimum Gasteiger partial charge on any atom is -0.495 e. The van der Waals surface area contributed by atoms with E-state index < -0.39 is 17.5 Å². The summed E-state index contributed by atoms with van der Waals surface area (Å²) in [5.41, 5.74) is 2.10. The molecular formula is C21H24N6O4. The summed E-state index contributed by atoms with van der Waals surface area (Å²) in [6, 6.07) is 8.74. The van der Waals surface area contributed by atoms with E-state index in [1.807, 2.05) is 19.9 Å². The second-order valence-electron chi connectivity index (χ2n) is 7.07. The number of anilines is 2. The highest BCUT2D eigenvalue weighted by Crippen LogP contribution is 2.28. The van der Waals surface area contributed by atoms with Gasteiger partial charge in [0.1, 0.15) is 11.8 Å². The number of amides is 2. The Hall–Kier alpha value is -3.95. The number of nitrogens with zero attached hydrogens (tertiary/aromatic N) is 4. The van der Waals surface area contributed by atoms with Gasteiger partial charge in [-0.25, -0.2) is 9.36 Å². The first-order valence-electron chi connectivity index (χ1n) is 9.59. The number of carbonyl (C=O) groups is 2. The van der Waals surface area contributed by atoms with Gasteiger partial charge in [0.15, 0.2) is 5.82 Å². The summed E-state index contributed by atoms with van der Waals surface area (Å²) in [6.07, 6.45) is 0. The van der Waals surface area contributed by atoms with Gasteiger partial charge in [-0.1, -0.05) is 0 Å². The van der Waals surface area contributed by atoms with Crippen molar-refractivity contribution in [1.82, 2.24) is 19.6 Å². The van der Waals surface area contributed by atoms with Gasteiger partial charge in [-0.15, -0.1) is 5.10 Å². The Bertz CT molecular complexity index is 1200. The lowest BCUT2D eigenvalue weighted by atomic mass is 10.2. The molecule has 2 amide bonds. The van der Waals surface area contributed by atoms with Gasteiger partial charge in [-0.3, -0.25) is 14.4 Å². The number of methoxy groups -OCH3 is 1. The highest BCUT2D eigenvalue weighted by Gasteiger charge is 2.20. The van der Waals surface area contributed by atoms with Crippen LogP contribution in [0.2, 0.25) is 0 Å². The Kier molecular flexibility index (Phi) is 6.19. The molecule has 10 heteroatoms.